The zero-order chi connectivity index (χ0) is 50.8. The largest absolute Gasteiger partial charge is 0.472 e. The number of carbonyl (C=O) groups excluding carboxylic acids is 2. The first-order chi connectivity index (χ1) is 33.4. The van der Waals surface area contributed by atoms with Gasteiger partial charge in [-0.05, 0) is 70.3 Å². The maximum atomic E-state index is 13.5. The zero-order valence-corrected chi connectivity index (χ0v) is 47.0. The molecule has 69 heavy (non-hydrogen) atoms. The molecular weight excluding hydrogens is 880 g/mol. The molecule has 9 nitrogen and oxygen atoms in total. The standard InChI is InChI=1S/C59H111N2O7P/c1-7-10-13-16-19-22-25-27-29-30-32-34-37-40-43-46-49-52-59(63)68-57(50-47-44-41-38-35-24-21-18-15-12-9-3)56(55-67-69(64,65)66-54-53-61(4,5)6)60-58(62)51-48-45-42-39-36-33-31-28-26-23-20-17-14-11-8-2/h19,22,27,29,32,34,47,50,56-57H,7-18,20-21,23-26,28,30-31,33,35-46,48-49,51-55H2,1-6H3,(H-,60,62,64,65)/p+1/b22-19-,29-27-,34-32-,50-47+. The lowest BCUT2D eigenvalue weighted by Crippen LogP contribution is -2.47. The monoisotopic (exact) mass is 992 g/mol. The highest BCUT2D eigenvalue weighted by atomic mass is 31.2. The van der Waals surface area contributed by atoms with Crippen LogP contribution in [0.1, 0.15) is 265 Å². The lowest BCUT2D eigenvalue weighted by Gasteiger charge is -2.27. The maximum Gasteiger partial charge on any atom is 0.472 e. The highest BCUT2D eigenvalue weighted by Gasteiger charge is 2.30. The Balaban J connectivity index is 5.34. The number of nitrogens with one attached hydrogen (secondary N) is 1. The fourth-order valence-corrected chi connectivity index (χ4v) is 8.98. The van der Waals surface area contributed by atoms with Crippen molar-refractivity contribution in [3.8, 4) is 0 Å². The first-order valence-electron chi connectivity index (χ1n) is 29.0. The summed E-state index contributed by atoms with van der Waals surface area (Å²) in [5.74, 6) is -0.524. The molecule has 0 spiro atoms. The number of quaternary nitrogens is 1. The minimum Gasteiger partial charge on any atom is -0.456 e. The number of amides is 1. The minimum absolute atomic E-state index is 0.0373. The van der Waals surface area contributed by atoms with Gasteiger partial charge in [0.2, 0.25) is 5.91 Å². The van der Waals surface area contributed by atoms with Crippen LogP contribution in [0.5, 0.6) is 0 Å². The van der Waals surface area contributed by atoms with Gasteiger partial charge in [0.05, 0.1) is 33.8 Å². The van der Waals surface area contributed by atoms with Gasteiger partial charge >= 0.3 is 13.8 Å². The highest BCUT2D eigenvalue weighted by Crippen LogP contribution is 2.43. The smallest absolute Gasteiger partial charge is 0.456 e. The van der Waals surface area contributed by atoms with Crippen LogP contribution in [0, 0.1) is 0 Å². The van der Waals surface area contributed by atoms with E-state index in [0.717, 1.165) is 77.0 Å². The molecule has 0 aromatic carbocycles. The van der Waals surface area contributed by atoms with E-state index in [2.05, 4.69) is 62.5 Å². The predicted molar refractivity (Wildman–Crippen MR) is 295 cm³/mol. The van der Waals surface area contributed by atoms with Crippen molar-refractivity contribution in [2.45, 2.75) is 277 Å². The Morgan fingerprint density at radius 3 is 1.35 bits per heavy atom. The summed E-state index contributed by atoms with van der Waals surface area (Å²) < 4.78 is 30.6. The summed E-state index contributed by atoms with van der Waals surface area (Å²) in [6.45, 7) is 6.97. The summed E-state index contributed by atoms with van der Waals surface area (Å²) >= 11 is 0. The molecule has 3 atom stereocenters. The van der Waals surface area contributed by atoms with Gasteiger partial charge in [-0.1, -0.05) is 230 Å². The van der Waals surface area contributed by atoms with E-state index in [-0.39, 0.29) is 31.5 Å². The van der Waals surface area contributed by atoms with Gasteiger partial charge in [-0.15, -0.1) is 0 Å². The summed E-state index contributed by atoms with van der Waals surface area (Å²) in [6.07, 6.45) is 59.5. The Bertz CT molecular complexity index is 1330. The Morgan fingerprint density at radius 2 is 0.884 bits per heavy atom. The Hall–Kier alpha value is -2.03. The van der Waals surface area contributed by atoms with Crippen LogP contribution >= 0.6 is 7.82 Å². The van der Waals surface area contributed by atoms with Crippen molar-refractivity contribution in [1.29, 1.82) is 0 Å². The molecule has 0 aliphatic rings. The van der Waals surface area contributed by atoms with E-state index in [9.17, 15) is 19.0 Å². The van der Waals surface area contributed by atoms with E-state index in [1.165, 1.54) is 148 Å². The molecule has 0 radical (unpaired) electrons. The van der Waals surface area contributed by atoms with E-state index >= 15 is 0 Å². The van der Waals surface area contributed by atoms with Crippen molar-refractivity contribution in [3.63, 3.8) is 0 Å². The van der Waals surface area contributed by atoms with E-state index in [1.54, 1.807) is 0 Å². The van der Waals surface area contributed by atoms with Gasteiger partial charge in [0.15, 0.2) is 0 Å². The number of rotatable bonds is 52. The van der Waals surface area contributed by atoms with Gasteiger partial charge in [0.1, 0.15) is 19.3 Å². The number of carbonyl (C=O) groups is 2. The predicted octanol–water partition coefficient (Wildman–Crippen LogP) is 17.3. The molecule has 10 heteroatoms. The third-order valence-corrected chi connectivity index (χ3v) is 13.8. The van der Waals surface area contributed by atoms with Crippen LogP contribution in [0.4, 0.5) is 0 Å². The molecule has 0 aliphatic carbocycles. The molecule has 0 aromatic rings. The molecule has 1 amide bonds. The van der Waals surface area contributed by atoms with Crippen LogP contribution < -0.4 is 5.32 Å². The van der Waals surface area contributed by atoms with Gasteiger partial charge in [-0.3, -0.25) is 18.6 Å². The van der Waals surface area contributed by atoms with Crippen LogP contribution in [0.2, 0.25) is 0 Å². The molecule has 0 aliphatic heterocycles. The molecule has 3 unspecified atom stereocenters. The number of phosphoric ester groups is 1. The summed E-state index contributed by atoms with van der Waals surface area (Å²) in [7, 11) is 1.49. The van der Waals surface area contributed by atoms with Crippen LogP contribution in [0.25, 0.3) is 0 Å². The average Bonchev–Trinajstić information content (AvgIpc) is 3.31. The average molecular weight is 993 g/mol. The number of esters is 1. The van der Waals surface area contributed by atoms with Gasteiger partial charge in [0, 0.05) is 12.8 Å². The number of hydrogen-bond donors (Lipinski definition) is 2. The van der Waals surface area contributed by atoms with E-state index in [0.29, 0.717) is 23.9 Å². The van der Waals surface area contributed by atoms with Gasteiger partial charge < -0.3 is 19.4 Å². The highest BCUT2D eigenvalue weighted by molar-refractivity contribution is 7.47. The molecule has 0 rings (SSSR count). The third-order valence-electron chi connectivity index (χ3n) is 12.8. The molecular formula is C59H112N2O7P+. The first-order valence-corrected chi connectivity index (χ1v) is 30.5. The lowest BCUT2D eigenvalue weighted by molar-refractivity contribution is -0.870. The molecule has 0 aromatic heterocycles. The Labute approximate surface area is 427 Å². The topological polar surface area (TPSA) is 111 Å². The fourth-order valence-electron chi connectivity index (χ4n) is 8.24. The number of unbranched alkanes of at least 4 members (excludes halogenated alkanes) is 30. The maximum absolute atomic E-state index is 13.5. The number of likely N-dealkylation sites (N-methyl/N-ethyl adjacent to an activating group) is 1. The van der Waals surface area contributed by atoms with E-state index in [1.807, 2.05) is 33.3 Å². The SMILES string of the molecule is CCCCC/C=C\C/C=C\C/C=C\CCCCCCC(=O)OC(/C=C/CCCCCCCCCCC)C(COP(=O)(O)OCC[N+](C)(C)C)NC(=O)CCCCCCCCCCCCCCCCC. The third kappa shape index (κ3) is 50.7. The van der Waals surface area contributed by atoms with Crippen molar-refractivity contribution >= 4 is 19.7 Å². The Morgan fingerprint density at radius 1 is 0.507 bits per heavy atom. The van der Waals surface area contributed by atoms with Crippen molar-refractivity contribution < 1.29 is 37.3 Å². The molecule has 0 saturated carbocycles. The number of allylic oxidation sites excluding steroid dienone is 7. The van der Waals surface area contributed by atoms with Crippen molar-refractivity contribution in [1.82, 2.24) is 5.32 Å². The number of hydrogen-bond acceptors (Lipinski definition) is 6. The van der Waals surface area contributed by atoms with Gasteiger partial charge in [-0.2, -0.15) is 0 Å². The van der Waals surface area contributed by atoms with Crippen LogP contribution in [-0.2, 0) is 27.9 Å². The number of phosphoric acid groups is 1. The van der Waals surface area contributed by atoms with Crippen LogP contribution in [0.15, 0.2) is 48.6 Å². The lowest BCUT2D eigenvalue weighted by atomic mass is 10.0. The molecule has 0 fully saturated rings. The molecule has 2 N–H and O–H groups in total. The summed E-state index contributed by atoms with van der Waals surface area (Å²) in [4.78, 5) is 37.6. The number of nitrogens with zero attached hydrogens (tertiary/aromatic N) is 1. The first kappa shape index (κ1) is 67.0. The molecule has 0 saturated heterocycles. The Kier molecular flexibility index (Phi) is 48.1. The van der Waals surface area contributed by atoms with Gasteiger partial charge in [0.25, 0.3) is 0 Å². The minimum atomic E-state index is -4.44. The summed E-state index contributed by atoms with van der Waals surface area (Å²) in [5.41, 5.74) is 0. The second-order valence-electron chi connectivity index (χ2n) is 20.8. The van der Waals surface area contributed by atoms with Crippen LogP contribution in [-0.4, -0.2) is 74.3 Å². The molecule has 0 bridgehead atoms. The second-order valence-corrected chi connectivity index (χ2v) is 22.3. The quantitative estimate of drug-likeness (QED) is 0.0205. The second kappa shape index (κ2) is 49.5. The normalized spacial score (nSPS) is 14.1. The number of ether oxygens (including phenoxy) is 1. The summed E-state index contributed by atoms with van der Waals surface area (Å²) in [6, 6.07) is -0.853. The zero-order valence-electron chi connectivity index (χ0n) is 46.1. The van der Waals surface area contributed by atoms with Crippen molar-refractivity contribution in [2.75, 3.05) is 40.9 Å². The van der Waals surface area contributed by atoms with Crippen molar-refractivity contribution in [3.05, 3.63) is 48.6 Å². The van der Waals surface area contributed by atoms with Crippen LogP contribution in [0.3, 0.4) is 0 Å². The fraction of sp³-hybridized carbons (Fsp3) is 0.831. The van der Waals surface area contributed by atoms with Gasteiger partial charge in [-0.25, -0.2) is 4.57 Å². The van der Waals surface area contributed by atoms with Crippen molar-refractivity contribution in [2.24, 2.45) is 0 Å². The summed E-state index contributed by atoms with van der Waals surface area (Å²) in [5, 5.41) is 3.04. The molecule has 404 valence electrons. The van der Waals surface area contributed by atoms with E-state index in [4.69, 9.17) is 13.8 Å². The van der Waals surface area contributed by atoms with E-state index < -0.39 is 20.0 Å². The molecule has 0 heterocycles.